The fraction of sp³-hybridized carbons (Fsp3) is 0.909. The van der Waals surface area contributed by atoms with Gasteiger partial charge in [-0.2, -0.15) is 0 Å². The van der Waals surface area contributed by atoms with Gasteiger partial charge in [0.15, 0.2) is 0 Å². The van der Waals surface area contributed by atoms with Crippen molar-refractivity contribution >= 4 is 5.97 Å². The molecule has 0 aromatic rings. The standard InChI is InChI=1S/C11H21NO4/c1-11(2,15-3)4-5-16-10(14)9-6-8(13)7-12-9/h8-9,12-13H,4-7H2,1-3H3/t8-,9+/m1/s1. The highest BCUT2D eigenvalue weighted by molar-refractivity contribution is 5.76. The van der Waals surface area contributed by atoms with Gasteiger partial charge in [-0.3, -0.25) is 4.79 Å². The lowest BCUT2D eigenvalue weighted by Crippen LogP contribution is -2.34. The van der Waals surface area contributed by atoms with E-state index in [4.69, 9.17) is 9.47 Å². The van der Waals surface area contributed by atoms with Gasteiger partial charge in [0.25, 0.3) is 0 Å². The minimum atomic E-state index is -0.437. The molecule has 1 rings (SSSR count). The van der Waals surface area contributed by atoms with Crippen molar-refractivity contribution in [3.05, 3.63) is 0 Å². The Morgan fingerprint density at radius 2 is 2.25 bits per heavy atom. The van der Waals surface area contributed by atoms with E-state index in [1.165, 1.54) is 0 Å². The molecule has 0 spiro atoms. The van der Waals surface area contributed by atoms with Crippen molar-refractivity contribution in [1.82, 2.24) is 5.32 Å². The Morgan fingerprint density at radius 3 is 2.75 bits per heavy atom. The Hall–Kier alpha value is -0.650. The van der Waals surface area contributed by atoms with E-state index in [2.05, 4.69) is 5.32 Å². The maximum atomic E-state index is 11.5. The van der Waals surface area contributed by atoms with Gasteiger partial charge in [0.05, 0.1) is 18.3 Å². The minimum Gasteiger partial charge on any atom is -0.464 e. The third kappa shape index (κ3) is 4.08. The molecule has 0 radical (unpaired) electrons. The van der Waals surface area contributed by atoms with Crippen LogP contribution >= 0.6 is 0 Å². The molecule has 1 heterocycles. The number of hydrogen-bond acceptors (Lipinski definition) is 5. The molecular formula is C11H21NO4. The molecule has 2 atom stereocenters. The van der Waals surface area contributed by atoms with Gasteiger partial charge in [-0.05, 0) is 13.8 Å². The van der Waals surface area contributed by atoms with Crippen molar-refractivity contribution in [2.75, 3.05) is 20.3 Å². The van der Waals surface area contributed by atoms with E-state index in [0.29, 0.717) is 26.0 Å². The Labute approximate surface area is 96.1 Å². The first kappa shape index (κ1) is 13.4. The first-order valence-corrected chi connectivity index (χ1v) is 5.58. The average molecular weight is 231 g/mol. The summed E-state index contributed by atoms with van der Waals surface area (Å²) in [4.78, 5) is 11.5. The van der Waals surface area contributed by atoms with Gasteiger partial charge >= 0.3 is 5.97 Å². The van der Waals surface area contributed by atoms with E-state index < -0.39 is 6.10 Å². The first-order valence-electron chi connectivity index (χ1n) is 5.58. The van der Waals surface area contributed by atoms with Crippen LogP contribution in [-0.4, -0.2) is 49.1 Å². The largest absolute Gasteiger partial charge is 0.464 e. The number of nitrogens with one attached hydrogen (secondary N) is 1. The summed E-state index contributed by atoms with van der Waals surface area (Å²) in [7, 11) is 1.64. The molecule has 2 N–H and O–H groups in total. The summed E-state index contributed by atoms with van der Waals surface area (Å²) >= 11 is 0. The van der Waals surface area contributed by atoms with Gasteiger partial charge in [0, 0.05) is 26.5 Å². The van der Waals surface area contributed by atoms with Crippen molar-refractivity contribution in [1.29, 1.82) is 0 Å². The number of carbonyl (C=O) groups is 1. The predicted octanol–water partition coefficient (Wildman–Crippen LogP) is 0.0675. The molecule has 1 aliphatic rings. The van der Waals surface area contributed by atoms with Crippen LogP contribution < -0.4 is 5.32 Å². The molecule has 0 bridgehead atoms. The summed E-state index contributed by atoms with van der Waals surface area (Å²) in [6, 6.07) is -0.361. The van der Waals surface area contributed by atoms with Crippen LogP contribution in [0.1, 0.15) is 26.7 Å². The lowest BCUT2D eigenvalue weighted by Gasteiger charge is -2.22. The summed E-state index contributed by atoms with van der Waals surface area (Å²) in [5.74, 6) is -0.288. The normalized spacial score (nSPS) is 25.8. The third-order valence-corrected chi connectivity index (χ3v) is 2.89. The van der Waals surface area contributed by atoms with Crippen molar-refractivity contribution in [2.45, 2.75) is 44.4 Å². The molecule has 0 amide bonds. The molecule has 1 aliphatic heterocycles. The van der Waals surface area contributed by atoms with E-state index in [1.807, 2.05) is 13.8 Å². The molecule has 0 saturated carbocycles. The number of esters is 1. The maximum Gasteiger partial charge on any atom is 0.323 e. The van der Waals surface area contributed by atoms with Crippen LogP contribution in [-0.2, 0) is 14.3 Å². The fourth-order valence-electron chi connectivity index (χ4n) is 1.50. The van der Waals surface area contributed by atoms with Crippen molar-refractivity contribution < 1.29 is 19.4 Å². The monoisotopic (exact) mass is 231 g/mol. The molecule has 1 fully saturated rings. The zero-order valence-corrected chi connectivity index (χ0v) is 10.2. The summed E-state index contributed by atoms with van der Waals surface area (Å²) in [6.45, 7) is 4.69. The average Bonchev–Trinajstić information content (AvgIpc) is 2.64. The van der Waals surface area contributed by atoms with E-state index in [0.717, 1.165) is 0 Å². The van der Waals surface area contributed by atoms with Crippen LogP contribution in [0, 0.1) is 0 Å². The van der Waals surface area contributed by atoms with Crippen LogP contribution in [0.15, 0.2) is 0 Å². The third-order valence-electron chi connectivity index (χ3n) is 2.89. The number of carbonyl (C=O) groups excluding carboxylic acids is 1. The van der Waals surface area contributed by atoms with Crippen molar-refractivity contribution in [2.24, 2.45) is 0 Å². The van der Waals surface area contributed by atoms with Crippen LogP contribution in [0.25, 0.3) is 0 Å². The number of hydrogen-bond donors (Lipinski definition) is 2. The van der Waals surface area contributed by atoms with E-state index in [1.54, 1.807) is 7.11 Å². The second kappa shape index (κ2) is 5.61. The van der Waals surface area contributed by atoms with Crippen molar-refractivity contribution in [3.8, 4) is 0 Å². The highest BCUT2D eigenvalue weighted by Gasteiger charge is 2.29. The lowest BCUT2D eigenvalue weighted by atomic mass is 10.1. The molecule has 5 nitrogen and oxygen atoms in total. The van der Waals surface area contributed by atoms with E-state index in [9.17, 15) is 9.90 Å². The van der Waals surface area contributed by atoms with Crippen LogP contribution in [0.4, 0.5) is 0 Å². The van der Waals surface area contributed by atoms with Gasteiger partial charge in [-0.1, -0.05) is 0 Å². The molecule has 5 heteroatoms. The predicted molar refractivity (Wildman–Crippen MR) is 59.1 cm³/mol. The van der Waals surface area contributed by atoms with Crippen LogP contribution in [0.3, 0.4) is 0 Å². The second-order valence-corrected chi connectivity index (χ2v) is 4.73. The maximum absolute atomic E-state index is 11.5. The van der Waals surface area contributed by atoms with Crippen molar-refractivity contribution in [3.63, 3.8) is 0 Å². The van der Waals surface area contributed by atoms with E-state index >= 15 is 0 Å². The quantitative estimate of drug-likeness (QED) is 0.655. The lowest BCUT2D eigenvalue weighted by molar-refractivity contribution is -0.147. The zero-order chi connectivity index (χ0) is 12.2. The number of ether oxygens (including phenoxy) is 2. The summed E-state index contributed by atoms with van der Waals surface area (Å²) in [5, 5.41) is 12.2. The SMILES string of the molecule is COC(C)(C)CCOC(=O)[C@@H]1C[C@@H](O)CN1. The molecular weight excluding hydrogens is 210 g/mol. The minimum absolute atomic E-state index is 0.275. The smallest absolute Gasteiger partial charge is 0.323 e. The molecule has 16 heavy (non-hydrogen) atoms. The number of aliphatic hydroxyl groups is 1. The Kier molecular flexibility index (Phi) is 4.70. The van der Waals surface area contributed by atoms with Gasteiger partial charge < -0.3 is 19.9 Å². The highest BCUT2D eigenvalue weighted by Crippen LogP contribution is 2.13. The van der Waals surface area contributed by atoms with Gasteiger partial charge in [-0.15, -0.1) is 0 Å². The number of methoxy groups -OCH3 is 1. The zero-order valence-electron chi connectivity index (χ0n) is 10.2. The molecule has 0 unspecified atom stereocenters. The highest BCUT2D eigenvalue weighted by atomic mass is 16.5. The Morgan fingerprint density at radius 1 is 1.56 bits per heavy atom. The number of aliphatic hydroxyl groups excluding tert-OH is 1. The first-order chi connectivity index (χ1) is 7.44. The Bertz CT molecular complexity index is 242. The summed E-state index contributed by atoms with van der Waals surface area (Å²) in [5.41, 5.74) is -0.275. The Balaban J connectivity index is 2.20. The molecule has 0 aromatic heterocycles. The van der Waals surface area contributed by atoms with Crippen LogP contribution in [0.2, 0.25) is 0 Å². The molecule has 1 saturated heterocycles. The van der Waals surface area contributed by atoms with Gasteiger partial charge in [-0.25, -0.2) is 0 Å². The molecule has 0 aromatic carbocycles. The molecule has 94 valence electrons. The van der Waals surface area contributed by atoms with Crippen LogP contribution in [0.5, 0.6) is 0 Å². The van der Waals surface area contributed by atoms with E-state index in [-0.39, 0.29) is 17.6 Å². The topological polar surface area (TPSA) is 67.8 Å². The number of rotatable bonds is 5. The van der Waals surface area contributed by atoms with Gasteiger partial charge in [0.1, 0.15) is 6.04 Å². The van der Waals surface area contributed by atoms with Gasteiger partial charge in [0.2, 0.25) is 0 Å². The summed E-state index contributed by atoms with van der Waals surface area (Å²) in [6.07, 6.45) is 0.657. The summed E-state index contributed by atoms with van der Waals surface area (Å²) < 4.78 is 10.3. The second-order valence-electron chi connectivity index (χ2n) is 4.73. The fourth-order valence-corrected chi connectivity index (χ4v) is 1.50. The number of β-amino-alcohol motifs (C(OH)–C–C–N with tert-alkyl or cyclic N) is 1. The molecule has 0 aliphatic carbocycles.